The normalized spacial score (nSPS) is 22.0. The summed E-state index contributed by atoms with van der Waals surface area (Å²) in [6, 6.07) is 1.72. The monoisotopic (exact) mass is 714 g/mol. The lowest BCUT2D eigenvalue weighted by atomic mass is 9.85. The quantitative estimate of drug-likeness (QED) is 0.183. The molecule has 4 heterocycles. The first-order chi connectivity index (χ1) is 23.1. The number of rotatable bonds is 10. The number of hydrogen-bond donors (Lipinski definition) is 3. The van der Waals surface area contributed by atoms with E-state index in [2.05, 4.69) is 15.0 Å². The van der Waals surface area contributed by atoms with Crippen molar-refractivity contribution in [3.63, 3.8) is 0 Å². The van der Waals surface area contributed by atoms with E-state index in [-0.39, 0.29) is 30.3 Å². The van der Waals surface area contributed by atoms with Gasteiger partial charge in [-0.3, -0.25) is 18.9 Å². The van der Waals surface area contributed by atoms with Gasteiger partial charge in [-0.1, -0.05) is 11.2 Å². The van der Waals surface area contributed by atoms with Crippen molar-refractivity contribution in [2.24, 2.45) is 5.16 Å². The van der Waals surface area contributed by atoms with Crippen LogP contribution in [0.15, 0.2) is 34.3 Å². The molecule has 3 aliphatic heterocycles. The summed E-state index contributed by atoms with van der Waals surface area (Å²) >= 11 is 0. The molecule has 3 N–H and O–H groups in total. The Labute approximate surface area is 276 Å². The molecule has 0 aliphatic carbocycles. The zero-order chi connectivity index (χ0) is 35.7. The van der Waals surface area contributed by atoms with Crippen LogP contribution in [0.2, 0.25) is 0 Å². The van der Waals surface area contributed by atoms with Gasteiger partial charge in [0.05, 0.1) is 19.6 Å². The third kappa shape index (κ3) is 7.69. The van der Waals surface area contributed by atoms with Gasteiger partial charge in [0, 0.05) is 37.0 Å². The molecule has 20 heteroatoms. The molecule has 5 rings (SSSR count). The molecule has 2 bridgehead atoms. The number of fused-ring (bicyclic) bond motifs is 5. The van der Waals surface area contributed by atoms with Crippen molar-refractivity contribution in [2.75, 3.05) is 27.1 Å². The van der Waals surface area contributed by atoms with Crippen molar-refractivity contribution < 1.29 is 65.8 Å². The van der Waals surface area contributed by atoms with Crippen molar-refractivity contribution in [2.45, 2.75) is 63.4 Å². The van der Waals surface area contributed by atoms with Crippen molar-refractivity contribution in [1.82, 2.24) is 14.8 Å². The summed E-state index contributed by atoms with van der Waals surface area (Å²) in [5, 5.41) is 6.47. The average molecular weight is 715 g/mol. The summed E-state index contributed by atoms with van der Waals surface area (Å²) in [5.41, 5.74) is -2.99. The molecule has 2 aromatic rings. The zero-order valence-corrected chi connectivity index (χ0v) is 27.3. The largest absolute Gasteiger partial charge is 0.511 e. The van der Waals surface area contributed by atoms with Gasteiger partial charge in [0.25, 0.3) is 11.8 Å². The predicted octanol–water partition coefficient (Wildman–Crippen LogP) is 2.34. The summed E-state index contributed by atoms with van der Waals surface area (Å²) in [5.74, 6) is -3.71. The van der Waals surface area contributed by atoms with Gasteiger partial charge in [0.15, 0.2) is 11.3 Å². The molecule has 2 amide bonds. The van der Waals surface area contributed by atoms with Crippen LogP contribution in [0.25, 0.3) is 0 Å². The van der Waals surface area contributed by atoms with Gasteiger partial charge in [0.2, 0.25) is 23.9 Å². The number of nitrogens with one attached hydrogen (secondary N) is 1. The minimum absolute atomic E-state index is 0.0668. The lowest BCUT2D eigenvalue weighted by Gasteiger charge is -2.42. The van der Waals surface area contributed by atoms with Gasteiger partial charge in [-0.2, -0.15) is 0 Å². The maximum atomic E-state index is 14.3. The molecule has 3 aliphatic rings. The highest BCUT2D eigenvalue weighted by atomic mass is 31.2. The van der Waals surface area contributed by atoms with Crippen LogP contribution in [0.5, 0.6) is 5.75 Å². The van der Waals surface area contributed by atoms with E-state index in [1.54, 1.807) is 0 Å². The van der Waals surface area contributed by atoms with E-state index >= 15 is 0 Å². The molecule has 17 nitrogen and oxygen atoms in total. The molecule has 1 saturated heterocycles. The molecular formula is C29H33F2N4O13P. The second kappa shape index (κ2) is 14.1. The first-order valence-electron chi connectivity index (χ1n) is 14.9. The minimum atomic E-state index is -4.86. The molecule has 266 valence electrons. The summed E-state index contributed by atoms with van der Waals surface area (Å²) in [6.45, 7) is 1.11. The number of ether oxygens (including phenoxy) is 4. The van der Waals surface area contributed by atoms with Crippen LogP contribution in [-0.2, 0) is 34.7 Å². The first kappa shape index (κ1) is 35.7. The number of phosphoric ester groups is 1. The van der Waals surface area contributed by atoms with E-state index in [9.17, 15) is 32.5 Å². The van der Waals surface area contributed by atoms with Crippen LogP contribution in [0.3, 0.4) is 0 Å². The minimum Gasteiger partial charge on any atom is -0.482 e. The molecular weight excluding hydrogens is 681 g/mol. The van der Waals surface area contributed by atoms with Gasteiger partial charge < -0.3 is 48.4 Å². The van der Waals surface area contributed by atoms with Crippen LogP contribution in [0, 0.1) is 11.6 Å². The molecule has 1 spiro atoms. The number of carbonyl (C=O) groups excluding carboxylic acids is 3. The van der Waals surface area contributed by atoms with E-state index in [4.69, 9.17) is 33.6 Å². The maximum absolute atomic E-state index is 14.3. The smallest absolute Gasteiger partial charge is 0.482 e. The van der Waals surface area contributed by atoms with E-state index in [0.717, 1.165) is 12.1 Å². The Morgan fingerprint density at radius 1 is 1.24 bits per heavy atom. The standard InChI is InChI=1S/C29H33F2N4O13P/c1-15-6-7-29(9-22(43-3)33-48-29)21-12-34(15)27(38)23-25(45-14-46-28(39)44-13-16(2)47-49(40,41)42)24(36)19(11-35(21)23)26(37)32-10-17-4-5-18(30)8-20(17)31/h4-5,8,11,15-16,21H,6-7,9-10,12-14H2,1-3H3,(H,32,37)(H2,40,41,42)/t15-,16+,21+,29-/m0/s1. The number of nitrogens with zero attached hydrogens (tertiary/aromatic N) is 3. The van der Waals surface area contributed by atoms with Crippen molar-refractivity contribution >= 4 is 31.7 Å². The van der Waals surface area contributed by atoms with E-state index in [1.165, 1.54) is 29.7 Å². The average Bonchev–Trinajstić information content (AvgIpc) is 3.41. The van der Waals surface area contributed by atoms with Gasteiger partial charge in [-0.15, -0.1) is 0 Å². The van der Waals surface area contributed by atoms with Crippen LogP contribution >= 0.6 is 7.82 Å². The lowest BCUT2D eigenvalue weighted by Crippen LogP contribution is -2.52. The number of oxime groups is 1. The molecule has 0 unspecified atom stereocenters. The van der Waals surface area contributed by atoms with Gasteiger partial charge >= 0.3 is 14.0 Å². The Morgan fingerprint density at radius 3 is 2.67 bits per heavy atom. The highest BCUT2D eigenvalue weighted by Crippen LogP contribution is 2.46. The van der Waals surface area contributed by atoms with Crippen molar-refractivity contribution in [3.05, 3.63) is 63.1 Å². The van der Waals surface area contributed by atoms with Gasteiger partial charge in [-0.05, 0) is 32.8 Å². The number of hydrogen-bond acceptors (Lipinski definition) is 12. The number of phosphoric acid groups is 1. The van der Waals surface area contributed by atoms with Crippen molar-refractivity contribution in [3.8, 4) is 5.75 Å². The Morgan fingerprint density at radius 2 is 2.00 bits per heavy atom. The topological polar surface area (TPSA) is 214 Å². The molecule has 0 saturated carbocycles. The first-order valence-corrected chi connectivity index (χ1v) is 16.4. The zero-order valence-electron chi connectivity index (χ0n) is 26.4. The summed E-state index contributed by atoms with van der Waals surface area (Å²) in [6.07, 6.45) is -0.316. The van der Waals surface area contributed by atoms with Crippen LogP contribution < -0.4 is 15.5 Å². The lowest BCUT2D eigenvalue weighted by molar-refractivity contribution is -0.0658. The summed E-state index contributed by atoms with van der Waals surface area (Å²) < 4.78 is 64.9. The molecule has 4 atom stereocenters. The molecule has 1 aromatic heterocycles. The van der Waals surface area contributed by atoms with Crippen LogP contribution in [0.1, 0.15) is 65.6 Å². The fourth-order valence-electron chi connectivity index (χ4n) is 5.88. The highest BCUT2D eigenvalue weighted by molar-refractivity contribution is 7.46. The van der Waals surface area contributed by atoms with Gasteiger partial charge in [-0.25, -0.2) is 18.1 Å². The maximum Gasteiger partial charge on any atom is 0.511 e. The number of halogens is 2. The SMILES string of the molecule is COC1=NO[C@@]2(CC[C@H](C)N3C[C@H]2n2cc(C(=O)NCc4ccc(F)cc4F)c(=O)c(OCOC(=O)OC[C@@H](C)OP(=O)(O)O)c2C3=O)C1. The predicted molar refractivity (Wildman–Crippen MR) is 160 cm³/mol. The third-order valence-corrected chi connectivity index (χ3v) is 8.97. The van der Waals surface area contributed by atoms with Gasteiger partial charge in [0.1, 0.15) is 29.9 Å². The molecule has 1 aromatic carbocycles. The number of aromatic nitrogens is 1. The molecule has 0 radical (unpaired) electrons. The fraction of sp³-hybridized carbons (Fsp3) is 0.483. The van der Waals surface area contributed by atoms with Crippen LogP contribution in [-0.4, -0.2) is 87.9 Å². The summed E-state index contributed by atoms with van der Waals surface area (Å²) in [7, 11) is -3.43. The van der Waals surface area contributed by atoms with E-state index < -0.39 is 91.9 Å². The number of methoxy groups -OCH3 is 1. The van der Waals surface area contributed by atoms with Crippen molar-refractivity contribution in [1.29, 1.82) is 0 Å². The van der Waals surface area contributed by atoms with Crippen LogP contribution in [0.4, 0.5) is 13.6 Å². The Kier molecular flexibility index (Phi) is 10.3. The second-order valence-corrected chi connectivity index (χ2v) is 12.8. The molecule has 1 fully saturated rings. The Bertz CT molecular complexity index is 1780. The van der Waals surface area contributed by atoms with E-state index in [1.807, 2.05) is 6.92 Å². The fourth-order valence-corrected chi connectivity index (χ4v) is 6.41. The number of amides is 2. The summed E-state index contributed by atoms with van der Waals surface area (Å²) in [4.78, 5) is 78.6. The number of pyridine rings is 1. The van der Waals surface area contributed by atoms with E-state index in [0.29, 0.717) is 24.8 Å². The Balaban J connectivity index is 1.48. The molecule has 49 heavy (non-hydrogen) atoms. The Hall–Kier alpha value is -4.58. The number of carbonyl (C=O) groups is 3. The second-order valence-electron chi connectivity index (χ2n) is 11.6. The number of benzene rings is 1. The third-order valence-electron chi connectivity index (χ3n) is 8.33. The highest BCUT2D eigenvalue weighted by Gasteiger charge is 2.55.